The molecule has 3 rings (SSSR count). The Bertz CT molecular complexity index is 876. The molecule has 1 aromatic carbocycles. The van der Waals surface area contributed by atoms with E-state index in [4.69, 9.17) is 9.84 Å². The molecule has 8 heteroatoms. The number of nitrogens with zero attached hydrogens (tertiary/aromatic N) is 3. The number of H-pyrrole nitrogens is 1. The summed E-state index contributed by atoms with van der Waals surface area (Å²) in [7, 11) is 0. The van der Waals surface area contributed by atoms with E-state index < -0.39 is 0 Å². The number of aryl methyl sites for hydroxylation is 1. The Balaban J connectivity index is 1.93. The Morgan fingerprint density at radius 3 is 2.78 bits per heavy atom. The Hall–Kier alpha value is -3.00. The molecule has 0 bridgehead atoms. The maximum Gasteiger partial charge on any atom is 0.277 e. The normalized spacial score (nSPS) is 10.7. The Labute approximate surface area is 131 Å². The molecular formula is C15H15N5O3. The molecule has 8 nitrogen and oxygen atoms in total. The summed E-state index contributed by atoms with van der Waals surface area (Å²) in [5, 5.41) is 18.3. The lowest BCUT2D eigenvalue weighted by Crippen LogP contribution is -2.12. The fourth-order valence-corrected chi connectivity index (χ4v) is 2.14. The molecule has 2 aromatic heterocycles. The summed E-state index contributed by atoms with van der Waals surface area (Å²) in [6.07, 6.45) is 1.49. The molecule has 0 saturated carbocycles. The van der Waals surface area contributed by atoms with E-state index in [9.17, 15) is 4.79 Å². The molecule has 118 valence electrons. The van der Waals surface area contributed by atoms with Gasteiger partial charge in [-0.25, -0.2) is 15.1 Å². The van der Waals surface area contributed by atoms with Crippen molar-refractivity contribution in [2.24, 2.45) is 0 Å². The Morgan fingerprint density at radius 1 is 1.26 bits per heavy atom. The lowest BCUT2D eigenvalue weighted by atomic mass is 10.2. The van der Waals surface area contributed by atoms with E-state index in [1.807, 2.05) is 0 Å². The van der Waals surface area contributed by atoms with Crippen molar-refractivity contribution in [3.63, 3.8) is 0 Å². The van der Waals surface area contributed by atoms with Crippen LogP contribution in [0.25, 0.3) is 10.9 Å². The van der Waals surface area contributed by atoms with E-state index in [0.717, 1.165) is 5.69 Å². The number of aromatic nitrogens is 4. The van der Waals surface area contributed by atoms with Gasteiger partial charge in [-0.1, -0.05) is 0 Å². The van der Waals surface area contributed by atoms with Crippen molar-refractivity contribution in [2.45, 2.75) is 6.92 Å². The van der Waals surface area contributed by atoms with E-state index >= 15 is 0 Å². The molecule has 0 fully saturated rings. The lowest BCUT2D eigenvalue weighted by Gasteiger charge is -2.10. The van der Waals surface area contributed by atoms with Gasteiger partial charge in [0.05, 0.1) is 12.8 Å². The van der Waals surface area contributed by atoms with E-state index in [1.54, 1.807) is 31.2 Å². The SMILES string of the molecule is Cc1nc(Nc2ccc(OCCO)cc2)c2c(=O)[nH]ncc2n1. The zero-order chi connectivity index (χ0) is 16.2. The van der Waals surface area contributed by atoms with Crippen LogP contribution in [0.3, 0.4) is 0 Å². The van der Waals surface area contributed by atoms with Crippen molar-refractivity contribution in [2.75, 3.05) is 18.5 Å². The molecule has 3 N–H and O–H groups in total. The standard InChI is InChI=1S/C15H15N5O3/c1-9-17-12-8-16-20-15(22)13(12)14(18-9)19-10-2-4-11(5-3-10)23-7-6-21/h2-5,8,21H,6-7H2,1H3,(H,20,22)(H,17,18,19). The number of aliphatic hydroxyl groups is 1. The average molecular weight is 313 g/mol. The van der Waals surface area contributed by atoms with Crippen molar-refractivity contribution in [3.8, 4) is 5.75 Å². The first-order valence-corrected chi connectivity index (χ1v) is 7.00. The van der Waals surface area contributed by atoms with Crippen LogP contribution in [0.1, 0.15) is 5.82 Å². The van der Waals surface area contributed by atoms with Gasteiger partial charge in [-0.15, -0.1) is 0 Å². The molecule has 2 heterocycles. The molecule has 0 aliphatic heterocycles. The highest BCUT2D eigenvalue weighted by molar-refractivity contribution is 5.89. The minimum absolute atomic E-state index is 0.0387. The van der Waals surface area contributed by atoms with Gasteiger partial charge in [-0.2, -0.15) is 5.10 Å². The third-order valence-electron chi connectivity index (χ3n) is 3.11. The number of benzene rings is 1. The van der Waals surface area contributed by atoms with Gasteiger partial charge >= 0.3 is 0 Å². The van der Waals surface area contributed by atoms with Gasteiger partial charge in [0.15, 0.2) is 0 Å². The van der Waals surface area contributed by atoms with Crippen molar-refractivity contribution in [1.82, 2.24) is 20.2 Å². The number of aromatic amines is 1. The predicted octanol–water partition coefficient (Wildman–Crippen LogP) is 1.14. The summed E-state index contributed by atoms with van der Waals surface area (Å²) in [4.78, 5) is 20.5. The van der Waals surface area contributed by atoms with Crippen LogP contribution < -0.4 is 15.6 Å². The predicted molar refractivity (Wildman–Crippen MR) is 85.0 cm³/mol. The molecule has 3 aromatic rings. The van der Waals surface area contributed by atoms with Gasteiger partial charge in [-0.05, 0) is 31.2 Å². The number of hydrogen-bond donors (Lipinski definition) is 3. The van der Waals surface area contributed by atoms with E-state index in [1.165, 1.54) is 6.20 Å². The van der Waals surface area contributed by atoms with E-state index in [2.05, 4.69) is 25.5 Å². The third-order valence-corrected chi connectivity index (χ3v) is 3.11. The molecule has 0 radical (unpaired) electrons. The molecule has 0 saturated heterocycles. The van der Waals surface area contributed by atoms with Crippen molar-refractivity contribution in [1.29, 1.82) is 0 Å². The highest BCUT2D eigenvalue weighted by Gasteiger charge is 2.10. The van der Waals surface area contributed by atoms with Crippen molar-refractivity contribution < 1.29 is 9.84 Å². The molecule has 0 aliphatic rings. The van der Waals surface area contributed by atoms with Gasteiger partial charge in [0, 0.05) is 5.69 Å². The van der Waals surface area contributed by atoms with Gasteiger partial charge in [0.25, 0.3) is 5.56 Å². The summed E-state index contributed by atoms with van der Waals surface area (Å²) in [5.74, 6) is 1.60. The number of anilines is 2. The third kappa shape index (κ3) is 3.27. The summed E-state index contributed by atoms with van der Waals surface area (Å²) < 4.78 is 5.30. The van der Waals surface area contributed by atoms with Gasteiger partial charge < -0.3 is 15.2 Å². The Morgan fingerprint density at radius 2 is 2.04 bits per heavy atom. The molecular weight excluding hydrogens is 298 g/mol. The number of hydrogen-bond acceptors (Lipinski definition) is 7. The van der Waals surface area contributed by atoms with Crippen LogP contribution in [0.4, 0.5) is 11.5 Å². The smallest absolute Gasteiger partial charge is 0.277 e. The number of nitrogens with one attached hydrogen (secondary N) is 2. The van der Waals surface area contributed by atoms with Crippen LogP contribution >= 0.6 is 0 Å². The second-order valence-corrected chi connectivity index (χ2v) is 4.80. The maximum absolute atomic E-state index is 12.0. The summed E-state index contributed by atoms with van der Waals surface area (Å²) in [6, 6.07) is 7.12. The maximum atomic E-state index is 12.0. The highest BCUT2D eigenvalue weighted by atomic mass is 16.5. The van der Waals surface area contributed by atoms with Crippen molar-refractivity contribution >= 4 is 22.4 Å². The molecule has 23 heavy (non-hydrogen) atoms. The Kier molecular flexibility index (Phi) is 4.15. The van der Waals surface area contributed by atoms with Crippen LogP contribution in [0.15, 0.2) is 35.3 Å². The average Bonchev–Trinajstić information content (AvgIpc) is 2.54. The number of aliphatic hydroxyl groups excluding tert-OH is 1. The van der Waals surface area contributed by atoms with Crippen LogP contribution in [0, 0.1) is 6.92 Å². The number of ether oxygens (including phenoxy) is 1. The highest BCUT2D eigenvalue weighted by Crippen LogP contribution is 2.22. The second kappa shape index (κ2) is 6.41. The fraction of sp³-hybridized carbons (Fsp3) is 0.200. The zero-order valence-electron chi connectivity index (χ0n) is 12.4. The largest absolute Gasteiger partial charge is 0.491 e. The topological polar surface area (TPSA) is 113 Å². The number of rotatable bonds is 5. The molecule has 0 spiro atoms. The molecule has 0 aliphatic carbocycles. The van der Waals surface area contributed by atoms with Crippen LogP contribution in [0.2, 0.25) is 0 Å². The minimum Gasteiger partial charge on any atom is -0.491 e. The van der Waals surface area contributed by atoms with E-state index in [0.29, 0.717) is 28.3 Å². The summed E-state index contributed by atoms with van der Waals surface area (Å²) in [6.45, 7) is 1.95. The van der Waals surface area contributed by atoms with E-state index in [-0.39, 0.29) is 18.8 Å². The van der Waals surface area contributed by atoms with Gasteiger partial charge in [0.1, 0.15) is 34.9 Å². The lowest BCUT2D eigenvalue weighted by molar-refractivity contribution is 0.201. The molecule has 0 amide bonds. The fourth-order valence-electron chi connectivity index (χ4n) is 2.14. The number of fused-ring (bicyclic) bond motifs is 1. The van der Waals surface area contributed by atoms with Gasteiger partial charge in [0.2, 0.25) is 0 Å². The minimum atomic E-state index is -0.354. The first-order chi connectivity index (χ1) is 11.2. The van der Waals surface area contributed by atoms with Crippen LogP contribution in [-0.4, -0.2) is 38.5 Å². The summed E-state index contributed by atoms with van der Waals surface area (Å²) in [5.41, 5.74) is 0.872. The molecule has 0 unspecified atom stereocenters. The zero-order valence-corrected chi connectivity index (χ0v) is 12.4. The van der Waals surface area contributed by atoms with Crippen molar-refractivity contribution in [3.05, 3.63) is 46.6 Å². The van der Waals surface area contributed by atoms with Crippen LogP contribution in [0.5, 0.6) is 5.75 Å². The quantitative estimate of drug-likeness (QED) is 0.647. The summed E-state index contributed by atoms with van der Waals surface area (Å²) >= 11 is 0. The monoisotopic (exact) mass is 313 g/mol. The van der Waals surface area contributed by atoms with Crippen LogP contribution in [-0.2, 0) is 0 Å². The second-order valence-electron chi connectivity index (χ2n) is 4.80. The molecule has 0 atom stereocenters. The van der Waals surface area contributed by atoms with Gasteiger partial charge in [-0.3, -0.25) is 4.79 Å². The first-order valence-electron chi connectivity index (χ1n) is 7.00. The first kappa shape index (κ1) is 14.9.